The first kappa shape index (κ1) is 19.9. The van der Waals surface area contributed by atoms with Gasteiger partial charge in [0, 0.05) is 18.9 Å². The topological polar surface area (TPSA) is 73.7 Å². The standard InChI is InChI=1S/C23H25N3O4/c1-15(2)30-22(28)14-26-18-9-5-4-8-17(18)24-23(26)16-12-21(27)25(13-16)19-10-6-7-11-20(19)29-3/h4-11,15-16H,12-14H2,1-3H3/t16-/m0/s1. The number of benzene rings is 2. The molecule has 0 unspecified atom stereocenters. The number of nitrogens with zero attached hydrogens (tertiary/aromatic N) is 3. The summed E-state index contributed by atoms with van der Waals surface area (Å²) in [6.07, 6.45) is 0.130. The van der Waals surface area contributed by atoms with E-state index in [-0.39, 0.29) is 30.4 Å². The predicted octanol–water partition coefficient (Wildman–Crippen LogP) is 3.52. The van der Waals surface area contributed by atoms with Crippen LogP contribution in [0.15, 0.2) is 48.5 Å². The van der Waals surface area contributed by atoms with E-state index in [4.69, 9.17) is 14.5 Å². The van der Waals surface area contributed by atoms with Crippen molar-refractivity contribution in [3.63, 3.8) is 0 Å². The molecule has 1 aliphatic rings. The Morgan fingerprint density at radius 1 is 1.17 bits per heavy atom. The lowest BCUT2D eigenvalue weighted by molar-refractivity contribution is -0.148. The number of para-hydroxylation sites is 4. The summed E-state index contributed by atoms with van der Waals surface area (Å²) < 4.78 is 12.7. The summed E-state index contributed by atoms with van der Waals surface area (Å²) in [6, 6.07) is 15.2. The first-order valence-corrected chi connectivity index (χ1v) is 10.1. The van der Waals surface area contributed by atoms with Crippen molar-refractivity contribution in [2.24, 2.45) is 0 Å². The van der Waals surface area contributed by atoms with E-state index in [1.165, 1.54) is 0 Å². The average Bonchev–Trinajstić information content (AvgIpc) is 3.28. The molecule has 2 aromatic carbocycles. The number of rotatable bonds is 6. The summed E-state index contributed by atoms with van der Waals surface area (Å²) in [6.45, 7) is 4.19. The van der Waals surface area contributed by atoms with E-state index in [0.29, 0.717) is 18.7 Å². The fourth-order valence-corrected chi connectivity index (χ4v) is 3.97. The van der Waals surface area contributed by atoms with Gasteiger partial charge in [0.15, 0.2) is 0 Å². The number of fused-ring (bicyclic) bond motifs is 1. The molecule has 7 heteroatoms. The molecule has 1 saturated heterocycles. The quantitative estimate of drug-likeness (QED) is 0.585. The maximum Gasteiger partial charge on any atom is 0.326 e. The zero-order valence-electron chi connectivity index (χ0n) is 17.4. The highest BCUT2D eigenvalue weighted by Crippen LogP contribution is 2.37. The molecule has 0 spiro atoms. The minimum absolute atomic E-state index is 0.00728. The minimum Gasteiger partial charge on any atom is -0.495 e. The number of ether oxygens (including phenoxy) is 2. The Morgan fingerprint density at radius 2 is 1.90 bits per heavy atom. The molecule has 0 saturated carbocycles. The molecule has 30 heavy (non-hydrogen) atoms. The monoisotopic (exact) mass is 407 g/mol. The van der Waals surface area contributed by atoms with Gasteiger partial charge < -0.3 is 18.9 Å². The van der Waals surface area contributed by atoms with E-state index in [0.717, 1.165) is 22.5 Å². The SMILES string of the molecule is COc1ccccc1N1C[C@@H](c2nc3ccccc3n2CC(=O)OC(C)C)CC1=O. The molecule has 156 valence electrons. The van der Waals surface area contributed by atoms with Gasteiger partial charge in [0.2, 0.25) is 5.91 Å². The number of anilines is 1. The number of methoxy groups -OCH3 is 1. The van der Waals surface area contributed by atoms with Gasteiger partial charge in [-0.05, 0) is 38.1 Å². The second-order valence-corrected chi connectivity index (χ2v) is 7.66. The molecule has 0 aliphatic carbocycles. The van der Waals surface area contributed by atoms with Crippen molar-refractivity contribution in [2.75, 3.05) is 18.6 Å². The molecule has 1 aliphatic heterocycles. The highest BCUT2D eigenvalue weighted by atomic mass is 16.5. The molecule has 1 aromatic heterocycles. The van der Waals surface area contributed by atoms with Gasteiger partial charge in [0.05, 0.1) is 29.9 Å². The highest BCUT2D eigenvalue weighted by Gasteiger charge is 2.36. The van der Waals surface area contributed by atoms with E-state index < -0.39 is 0 Å². The number of hydrogen-bond acceptors (Lipinski definition) is 5. The normalized spacial score (nSPS) is 16.5. The number of imidazole rings is 1. The molecule has 1 amide bonds. The second-order valence-electron chi connectivity index (χ2n) is 7.66. The number of hydrogen-bond donors (Lipinski definition) is 0. The van der Waals surface area contributed by atoms with E-state index in [9.17, 15) is 9.59 Å². The summed E-state index contributed by atoms with van der Waals surface area (Å²) >= 11 is 0. The molecule has 1 atom stereocenters. The van der Waals surface area contributed by atoms with Crippen molar-refractivity contribution in [3.8, 4) is 5.75 Å². The van der Waals surface area contributed by atoms with Crippen molar-refractivity contribution >= 4 is 28.6 Å². The van der Waals surface area contributed by atoms with Crippen LogP contribution < -0.4 is 9.64 Å². The van der Waals surface area contributed by atoms with Gasteiger partial charge in [0.25, 0.3) is 0 Å². The van der Waals surface area contributed by atoms with Crippen molar-refractivity contribution in [2.45, 2.75) is 38.8 Å². The Morgan fingerprint density at radius 3 is 2.67 bits per heavy atom. The Bertz CT molecular complexity index is 1090. The predicted molar refractivity (Wildman–Crippen MR) is 114 cm³/mol. The van der Waals surface area contributed by atoms with Gasteiger partial charge in [-0.3, -0.25) is 9.59 Å². The maximum atomic E-state index is 12.9. The zero-order chi connectivity index (χ0) is 21.3. The molecule has 0 bridgehead atoms. The Balaban J connectivity index is 1.68. The number of aromatic nitrogens is 2. The minimum atomic E-state index is -0.319. The number of carbonyl (C=O) groups is 2. The van der Waals surface area contributed by atoms with Crippen LogP contribution in [0.25, 0.3) is 11.0 Å². The highest BCUT2D eigenvalue weighted by molar-refractivity contribution is 5.98. The van der Waals surface area contributed by atoms with Crippen molar-refractivity contribution < 1.29 is 19.1 Å². The third-order valence-electron chi connectivity index (χ3n) is 5.20. The van der Waals surface area contributed by atoms with Crippen LogP contribution in [0.2, 0.25) is 0 Å². The van der Waals surface area contributed by atoms with Gasteiger partial charge in [-0.25, -0.2) is 4.98 Å². The number of esters is 1. The number of amides is 1. The van der Waals surface area contributed by atoms with Gasteiger partial charge in [-0.1, -0.05) is 24.3 Å². The van der Waals surface area contributed by atoms with Crippen molar-refractivity contribution in [1.82, 2.24) is 9.55 Å². The summed E-state index contributed by atoms with van der Waals surface area (Å²) in [5, 5.41) is 0. The molecule has 7 nitrogen and oxygen atoms in total. The first-order chi connectivity index (χ1) is 14.5. The van der Waals surface area contributed by atoms with Gasteiger partial charge in [0.1, 0.15) is 18.1 Å². The smallest absolute Gasteiger partial charge is 0.326 e. The third kappa shape index (κ3) is 3.75. The largest absolute Gasteiger partial charge is 0.495 e. The van der Waals surface area contributed by atoms with E-state index in [1.807, 2.05) is 66.9 Å². The van der Waals surface area contributed by atoms with Crippen molar-refractivity contribution in [1.29, 1.82) is 0 Å². The fraction of sp³-hybridized carbons (Fsp3) is 0.348. The van der Waals surface area contributed by atoms with Crippen LogP contribution in [0.3, 0.4) is 0 Å². The average molecular weight is 407 g/mol. The van der Waals surface area contributed by atoms with Crippen LogP contribution >= 0.6 is 0 Å². The van der Waals surface area contributed by atoms with Crippen LogP contribution in [0, 0.1) is 0 Å². The van der Waals surface area contributed by atoms with Gasteiger partial charge in [-0.2, -0.15) is 0 Å². The lowest BCUT2D eigenvalue weighted by atomic mass is 10.1. The second kappa shape index (κ2) is 8.18. The van der Waals surface area contributed by atoms with E-state index in [2.05, 4.69) is 0 Å². The fourth-order valence-electron chi connectivity index (χ4n) is 3.97. The van der Waals surface area contributed by atoms with Crippen LogP contribution in [-0.2, 0) is 20.9 Å². The first-order valence-electron chi connectivity index (χ1n) is 10.1. The zero-order valence-corrected chi connectivity index (χ0v) is 17.4. The molecular weight excluding hydrogens is 382 g/mol. The molecule has 4 rings (SSSR count). The van der Waals surface area contributed by atoms with Crippen LogP contribution in [0.1, 0.15) is 32.0 Å². The summed E-state index contributed by atoms with van der Waals surface area (Å²) in [7, 11) is 1.59. The molecule has 0 radical (unpaired) electrons. The number of carbonyl (C=O) groups excluding carboxylic acids is 2. The molecule has 1 fully saturated rings. The van der Waals surface area contributed by atoms with Crippen LogP contribution in [0.5, 0.6) is 5.75 Å². The lowest BCUT2D eigenvalue weighted by Crippen LogP contribution is -2.25. The lowest BCUT2D eigenvalue weighted by Gasteiger charge is -2.19. The third-order valence-corrected chi connectivity index (χ3v) is 5.20. The van der Waals surface area contributed by atoms with Crippen LogP contribution in [0.4, 0.5) is 5.69 Å². The molecular formula is C23H25N3O4. The van der Waals surface area contributed by atoms with Gasteiger partial charge in [-0.15, -0.1) is 0 Å². The Kier molecular flexibility index (Phi) is 5.44. The maximum absolute atomic E-state index is 12.9. The summed E-state index contributed by atoms with van der Waals surface area (Å²) in [5.74, 6) is 0.929. The van der Waals surface area contributed by atoms with E-state index >= 15 is 0 Å². The van der Waals surface area contributed by atoms with Crippen LogP contribution in [-0.4, -0.2) is 41.2 Å². The van der Waals surface area contributed by atoms with E-state index in [1.54, 1.807) is 12.0 Å². The van der Waals surface area contributed by atoms with Crippen molar-refractivity contribution in [3.05, 3.63) is 54.4 Å². The summed E-state index contributed by atoms with van der Waals surface area (Å²) in [4.78, 5) is 31.8. The van der Waals surface area contributed by atoms with Gasteiger partial charge >= 0.3 is 5.97 Å². The Labute approximate surface area is 175 Å². The summed E-state index contributed by atoms with van der Waals surface area (Å²) in [5.41, 5.74) is 2.40. The molecule has 3 aromatic rings. The molecule has 0 N–H and O–H groups in total. The Hall–Kier alpha value is -3.35. The molecule has 2 heterocycles.